The minimum Gasteiger partial charge on any atom is -0.467 e. The number of carbonyl (C=O) groups is 1. The molecule has 1 aromatic carbocycles. The first-order valence-corrected chi connectivity index (χ1v) is 10.3. The molecule has 0 unspecified atom stereocenters. The zero-order valence-electron chi connectivity index (χ0n) is 14.7. The van der Waals surface area contributed by atoms with Gasteiger partial charge >= 0.3 is 0 Å². The number of benzene rings is 1. The van der Waals surface area contributed by atoms with Crippen LogP contribution in [0.25, 0.3) is 11.0 Å². The quantitative estimate of drug-likeness (QED) is 0.621. The van der Waals surface area contributed by atoms with Gasteiger partial charge < -0.3 is 14.2 Å². The van der Waals surface area contributed by atoms with E-state index < -0.39 is 0 Å². The Morgan fingerprint density at radius 2 is 1.96 bits per heavy atom. The summed E-state index contributed by atoms with van der Waals surface area (Å²) >= 11 is 1.96. The Morgan fingerprint density at radius 3 is 2.77 bits per heavy atom. The van der Waals surface area contributed by atoms with Crippen molar-refractivity contribution in [2.75, 3.05) is 0 Å². The second-order valence-electron chi connectivity index (χ2n) is 6.74. The second kappa shape index (κ2) is 8.04. The lowest BCUT2D eigenvalue weighted by Crippen LogP contribution is -2.23. The Labute approximate surface area is 157 Å². The number of fused-ring (bicyclic) bond motifs is 1. The highest BCUT2D eigenvalue weighted by molar-refractivity contribution is 7.99. The van der Waals surface area contributed by atoms with Gasteiger partial charge in [-0.1, -0.05) is 37.5 Å². The Hall–Kier alpha value is -2.14. The maximum atomic E-state index is 12.7. The summed E-state index contributed by atoms with van der Waals surface area (Å²) in [5, 5.41) is 4.64. The van der Waals surface area contributed by atoms with E-state index in [-0.39, 0.29) is 5.91 Å². The van der Waals surface area contributed by atoms with Crippen LogP contribution in [0.1, 0.15) is 54.0 Å². The molecule has 1 aliphatic rings. The van der Waals surface area contributed by atoms with E-state index in [4.69, 9.17) is 8.83 Å². The third kappa shape index (κ3) is 3.83. The zero-order valence-corrected chi connectivity index (χ0v) is 15.5. The summed E-state index contributed by atoms with van der Waals surface area (Å²) in [7, 11) is 0. The van der Waals surface area contributed by atoms with E-state index in [1.165, 1.54) is 32.1 Å². The first-order chi connectivity index (χ1) is 12.8. The molecule has 4 rings (SSSR count). The fourth-order valence-electron chi connectivity index (χ4n) is 3.52. The Morgan fingerprint density at radius 1 is 1.12 bits per heavy atom. The monoisotopic (exact) mass is 369 g/mol. The van der Waals surface area contributed by atoms with Crippen LogP contribution in [-0.2, 0) is 12.3 Å². The van der Waals surface area contributed by atoms with Gasteiger partial charge in [-0.2, -0.15) is 11.8 Å². The number of furan rings is 2. The molecule has 0 spiro atoms. The molecule has 0 aliphatic heterocycles. The highest BCUT2D eigenvalue weighted by Gasteiger charge is 2.22. The number of rotatable bonds is 6. The molecule has 3 aromatic rings. The van der Waals surface area contributed by atoms with Gasteiger partial charge in [0.05, 0.1) is 12.8 Å². The van der Waals surface area contributed by atoms with Crippen molar-refractivity contribution in [3.63, 3.8) is 0 Å². The minimum absolute atomic E-state index is 0.183. The molecule has 2 aromatic heterocycles. The van der Waals surface area contributed by atoms with Crippen molar-refractivity contribution in [1.82, 2.24) is 5.32 Å². The maximum absolute atomic E-state index is 12.7. The number of thioether (sulfide) groups is 1. The summed E-state index contributed by atoms with van der Waals surface area (Å²) in [6, 6.07) is 11.6. The number of hydrogen-bond donors (Lipinski definition) is 1. The molecule has 0 radical (unpaired) electrons. The predicted molar refractivity (Wildman–Crippen MR) is 104 cm³/mol. The molecule has 26 heavy (non-hydrogen) atoms. The van der Waals surface area contributed by atoms with Gasteiger partial charge in [-0.15, -0.1) is 0 Å². The van der Waals surface area contributed by atoms with Crippen LogP contribution in [0.2, 0.25) is 0 Å². The van der Waals surface area contributed by atoms with Crippen LogP contribution in [-0.4, -0.2) is 11.2 Å². The zero-order chi connectivity index (χ0) is 17.8. The van der Waals surface area contributed by atoms with Gasteiger partial charge in [0.2, 0.25) is 0 Å². The molecular formula is C21H23NO3S. The Bertz CT molecular complexity index is 863. The van der Waals surface area contributed by atoms with Crippen molar-refractivity contribution in [3.05, 3.63) is 59.7 Å². The van der Waals surface area contributed by atoms with E-state index in [0.717, 1.165) is 28.0 Å². The molecule has 0 saturated heterocycles. The number of nitrogens with one attached hydrogen (secondary N) is 1. The van der Waals surface area contributed by atoms with Gasteiger partial charge in [-0.3, -0.25) is 4.79 Å². The molecule has 1 fully saturated rings. The van der Waals surface area contributed by atoms with Gasteiger partial charge in [0.1, 0.15) is 11.3 Å². The van der Waals surface area contributed by atoms with E-state index in [1.807, 2.05) is 48.2 Å². The lowest BCUT2D eigenvalue weighted by molar-refractivity contribution is 0.0921. The SMILES string of the molecule is O=C(NCc1ccco1)c1oc2ccccc2c1CSC1CCCCC1. The molecule has 1 aliphatic carbocycles. The molecule has 1 amide bonds. The highest BCUT2D eigenvalue weighted by Crippen LogP contribution is 2.35. The molecule has 1 saturated carbocycles. The van der Waals surface area contributed by atoms with Gasteiger partial charge in [0, 0.05) is 22.0 Å². The number of hydrogen-bond acceptors (Lipinski definition) is 4. The first-order valence-electron chi connectivity index (χ1n) is 9.24. The minimum atomic E-state index is -0.183. The Kier molecular flexibility index (Phi) is 5.34. The van der Waals surface area contributed by atoms with Crippen molar-refractivity contribution in [2.45, 2.75) is 49.7 Å². The summed E-state index contributed by atoms with van der Waals surface area (Å²) in [5.74, 6) is 1.79. The maximum Gasteiger partial charge on any atom is 0.287 e. The molecule has 0 atom stereocenters. The van der Waals surface area contributed by atoms with Crippen LogP contribution < -0.4 is 5.32 Å². The standard InChI is InChI=1S/C21H23NO3S/c23-21(22-13-15-7-6-12-24-15)20-18(14-26-16-8-2-1-3-9-16)17-10-4-5-11-19(17)25-20/h4-7,10-12,16H,1-3,8-9,13-14H2,(H,22,23). The van der Waals surface area contributed by atoms with Gasteiger partial charge in [-0.25, -0.2) is 0 Å². The third-order valence-corrected chi connectivity index (χ3v) is 6.32. The van der Waals surface area contributed by atoms with Crippen LogP contribution in [0, 0.1) is 0 Å². The van der Waals surface area contributed by atoms with Crippen molar-refractivity contribution in [3.8, 4) is 0 Å². The van der Waals surface area contributed by atoms with Crippen molar-refractivity contribution < 1.29 is 13.6 Å². The number of carbonyl (C=O) groups excluding carboxylic acids is 1. The van der Waals surface area contributed by atoms with Crippen LogP contribution >= 0.6 is 11.8 Å². The molecule has 0 bridgehead atoms. The summed E-state index contributed by atoms with van der Waals surface area (Å²) in [4.78, 5) is 12.7. The van der Waals surface area contributed by atoms with Gasteiger partial charge in [0.25, 0.3) is 5.91 Å². The highest BCUT2D eigenvalue weighted by atomic mass is 32.2. The topological polar surface area (TPSA) is 55.4 Å². The number of para-hydroxylation sites is 1. The second-order valence-corrected chi connectivity index (χ2v) is 8.03. The Balaban J connectivity index is 1.53. The van der Waals surface area contributed by atoms with Crippen molar-refractivity contribution in [1.29, 1.82) is 0 Å². The predicted octanol–water partition coefficient (Wildman–Crippen LogP) is 5.52. The smallest absolute Gasteiger partial charge is 0.287 e. The number of amides is 1. The van der Waals surface area contributed by atoms with Gasteiger partial charge in [0.15, 0.2) is 5.76 Å². The van der Waals surface area contributed by atoms with Crippen LogP contribution in [0.4, 0.5) is 0 Å². The molecular weight excluding hydrogens is 346 g/mol. The largest absolute Gasteiger partial charge is 0.467 e. The van der Waals surface area contributed by atoms with E-state index >= 15 is 0 Å². The van der Waals surface area contributed by atoms with Crippen LogP contribution in [0.3, 0.4) is 0 Å². The lowest BCUT2D eigenvalue weighted by atomic mass is 10.0. The van der Waals surface area contributed by atoms with Crippen LogP contribution in [0.15, 0.2) is 51.5 Å². The van der Waals surface area contributed by atoms with Crippen LogP contribution in [0.5, 0.6) is 0 Å². The fourth-order valence-corrected chi connectivity index (χ4v) is 4.87. The fraction of sp³-hybridized carbons (Fsp3) is 0.381. The van der Waals surface area contributed by atoms with Crippen molar-refractivity contribution in [2.24, 2.45) is 0 Å². The third-order valence-electron chi connectivity index (χ3n) is 4.92. The molecule has 1 N–H and O–H groups in total. The van der Waals surface area contributed by atoms with E-state index in [1.54, 1.807) is 6.26 Å². The summed E-state index contributed by atoms with van der Waals surface area (Å²) in [6.07, 6.45) is 8.16. The normalized spacial score (nSPS) is 15.4. The van der Waals surface area contributed by atoms with E-state index in [2.05, 4.69) is 5.32 Å². The summed E-state index contributed by atoms with van der Waals surface area (Å²) < 4.78 is 11.2. The van der Waals surface area contributed by atoms with Crippen molar-refractivity contribution >= 4 is 28.6 Å². The van der Waals surface area contributed by atoms with E-state index in [9.17, 15) is 4.79 Å². The molecule has 2 heterocycles. The van der Waals surface area contributed by atoms with E-state index in [0.29, 0.717) is 17.6 Å². The molecule has 4 nitrogen and oxygen atoms in total. The average molecular weight is 369 g/mol. The average Bonchev–Trinajstić information content (AvgIpc) is 3.33. The molecule has 136 valence electrons. The molecule has 5 heteroatoms. The first kappa shape index (κ1) is 17.3. The summed E-state index contributed by atoms with van der Waals surface area (Å²) in [5.41, 5.74) is 1.78. The lowest BCUT2D eigenvalue weighted by Gasteiger charge is -2.20. The summed E-state index contributed by atoms with van der Waals surface area (Å²) in [6.45, 7) is 0.359. The van der Waals surface area contributed by atoms with Gasteiger partial charge in [-0.05, 0) is 31.0 Å².